The summed E-state index contributed by atoms with van der Waals surface area (Å²) in [6, 6.07) is 0. The van der Waals surface area contributed by atoms with E-state index in [0.29, 0.717) is 25.1 Å². The normalized spacial score (nSPS) is 30.6. The number of hydrazone groups is 1. The first-order valence-electron chi connectivity index (χ1n) is 8.44. The lowest BCUT2D eigenvalue weighted by molar-refractivity contribution is -0.132. The highest BCUT2D eigenvalue weighted by Crippen LogP contribution is 2.49. The minimum Gasteiger partial charge on any atom is -0.394 e. The molecule has 0 spiro atoms. The lowest BCUT2D eigenvalue weighted by Gasteiger charge is -2.23. The Morgan fingerprint density at radius 2 is 2.18 bits per heavy atom. The first-order chi connectivity index (χ1) is 10.7. The molecule has 0 aromatic heterocycles. The molecule has 1 heterocycles. The van der Waals surface area contributed by atoms with Crippen molar-refractivity contribution in [3.8, 4) is 0 Å². The first-order valence-corrected chi connectivity index (χ1v) is 8.44. The fourth-order valence-electron chi connectivity index (χ4n) is 4.24. The van der Waals surface area contributed by atoms with Gasteiger partial charge < -0.3 is 10.4 Å². The minimum atomic E-state index is -0.168. The average molecular weight is 307 g/mol. The molecule has 2 aliphatic carbocycles. The highest BCUT2D eigenvalue weighted by atomic mass is 16.3. The number of aliphatic hydroxyl groups excluding tert-OH is 1. The van der Waals surface area contributed by atoms with E-state index in [4.69, 9.17) is 5.11 Å². The maximum atomic E-state index is 12.1. The largest absolute Gasteiger partial charge is 0.394 e. The van der Waals surface area contributed by atoms with Gasteiger partial charge in [-0.25, -0.2) is 5.01 Å². The Morgan fingerprint density at radius 1 is 1.32 bits per heavy atom. The molecule has 22 heavy (non-hydrogen) atoms. The summed E-state index contributed by atoms with van der Waals surface area (Å²) < 4.78 is 0. The lowest BCUT2D eigenvalue weighted by Crippen LogP contribution is -2.40. The molecule has 1 aliphatic heterocycles. The van der Waals surface area contributed by atoms with E-state index in [0.717, 1.165) is 24.2 Å². The summed E-state index contributed by atoms with van der Waals surface area (Å²) >= 11 is 0. The van der Waals surface area contributed by atoms with Gasteiger partial charge in [0.15, 0.2) is 0 Å². The summed E-state index contributed by atoms with van der Waals surface area (Å²) in [4.78, 5) is 23.7. The van der Waals surface area contributed by atoms with Crippen LogP contribution in [0, 0.1) is 17.8 Å². The van der Waals surface area contributed by atoms with Crippen molar-refractivity contribution in [2.24, 2.45) is 22.9 Å². The number of nitrogens with zero attached hydrogens (tertiary/aromatic N) is 2. The molecule has 0 aromatic rings. The van der Waals surface area contributed by atoms with Crippen molar-refractivity contribution >= 4 is 17.5 Å². The second-order valence-corrected chi connectivity index (χ2v) is 6.77. The Hall–Kier alpha value is -1.43. The third kappa shape index (κ3) is 3.32. The van der Waals surface area contributed by atoms with E-state index in [9.17, 15) is 9.59 Å². The molecule has 2 N–H and O–H groups in total. The molecule has 3 atom stereocenters. The van der Waals surface area contributed by atoms with Crippen LogP contribution in [0.25, 0.3) is 0 Å². The van der Waals surface area contributed by atoms with Crippen molar-refractivity contribution < 1.29 is 14.7 Å². The standard InChI is InChI=1S/C16H25N3O3/c20-8-7-19-15(21)4-3-14(18-19)16(22)17-6-5-13-10-11-1-2-12(13)9-11/h11-13,20H,1-10H2,(H,17,22)/t11-,12-,13-/m0/s1. The third-order valence-electron chi connectivity index (χ3n) is 5.36. The van der Waals surface area contributed by atoms with Crippen LogP contribution in [0.2, 0.25) is 0 Å². The first kappa shape index (κ1) is 15.5. The van der Waals surface area contributed by atoms with E-state index in [-0.39, 0.29) is 25.0 Å². The van der Waals surface area contributed by atoms with Crippen LogP contribution in [0.5, 0.6) is 0 Å². The smallest absolute Gasteiger partial charge is 0.267 e. The molecule has 6 heteroatoms. The predicted molar refractivity (Wildman–Crippen MR) is 82.0 cm³/mol. The molecule has 122 valence electrons. The number of aliphatic hydroxyl groups is 1. The summed E-state index contributed by atoms with van der Waals surface area (Å²) in [6.45, 7) is 0.703. The van der Waals surface area contributed by atoms with Crippen LogP contribution >= 0.6 is 0 Å². The van der Waals surface area contributed by atoms with Crippen LogP contribution in [0.1, 0.15) is 44.9 Å². The molecular weight excluding hydrogens is 282 g/mol. The molecule has 6 nitrogen and oxygen atoms in total. The maximum Gasteiger partial charge on any atom is 0.267 e. The monoisotopic (exact) mass is 307 g/mol. The number of hydrogen-bond donors (Lipinski definition) is 2. The van der Waals surface area contributed by atoms with E-state index >= 15 is 0 Å². The molecule has 0 saturated heterocycles. The topological polar surface area (TPSA) is 82.0 Å². The Morgan fingerprint density at radius 3 is 2.86 bits per heavy atom. The maximum absolute atomic E-state index is 12.1. The number of rotatable bonds is 6. The van der Waals surface area contributed by atoms with Gasteiger partial charge >= 0.3 is 0 Å². The number of β-amino-alcohol motifs (C(OH)–C–C–N with tert-alkyl or cyclic N) is 1. The summed E-state index contributed by atoms with van der Waals surface area (Å²) in [5.74, 6) is 2.30. The van der Waals surface area contributed by atoms with Crippen molar-refractivity contribution in [1.82, 2.24) is 10.3 Å². The van der Waals surface area contributed by atoms with Crippen LogP contribution in [0.15, 0.2) is 5.10 Å². The van der Waals surface area contributed by atoms with E-state index in [1.165, 1.54) is 30.7 Å². The quantitative estimate of drug-likeness (QED) is 0.765. The van der Waals surface area contributed by atoms with Crippen LogP contribution < -0.4 is 5.32 Å². The summed E-state index contributed by atoms with van der Waals surface area (Å²) in [6.07, 6.45) is 7.23. The number of fused-ring (bicyclic) bond motifs is 2. The molecule has 2 amide bonds. The predicted octanol–water partition coefficient (Wildman–Crippen LogP) is 0.900. The number of amides is 2. The van der Waals surface area contributed by atoms with Crippen LogP contribution in [0.4, 0.5) is 0 Å². The molecule has 3 rings (SSSR count). The van der Waals surface area contributed by atoms with Gasteiger partial charge in [0.2, 0.25) is 5.91 Å². The molecule has 0 aromatic carbocycles. The van der Waals surface area contributed by atoms with Crippen LogP contribution in [-0.2, 0) is 9.59 Å². The van der Waals surface area contributed by atoms with Crippen LogP contribution in [0.3, 0.4) is 0 Å². The summed E-state index contributed by atoms with van der Waals surface area (Å²) in [5, 5.41) is 17.1. The second kappa shape index (κ2) is 6.77. The molecule has 3 aliphatic rings. The van der Waals surface area contributed by atoms with E-state index in [2.05, 4.69) is 10.4 Å². The fourth-order valence-corrected chi connectivity index (χ4v) is 4.24. The average Bonchev–Trinajstić information content (AvgIpc) is 3.12. The van der Waals surface area contributed by atoms with Gasteiger partial charge in [0.25, 0.3) is 5.91 Å². The minimum absolute atomic E-state index is 0.132. The number of hydrogen-bond acceptors (Lipinski definition) is 4. The Balaban J connectivity index is 1.45. The SMILES string of the molecule is O=C(NCC[C@H]1C[C@H]2CC[C@H]1C2)C1=NN(CCO)C(=O)CC1. The van der Waals surface area contributed by atoms with Gasteiger partial charge in [-0.2, -0.15) is 5.10 Å². The second-order valence-electron chi connectivity index (χ2n) is 6.77. The summed E-state index contributed by atoms with van der Waals surface area (Å²) in [5.41, 5.74) is 0.404. The van der Waals surface area contributed by atoms with Gasteiger partial charge in [-0.1, -0.05) is 6.42 Å². The van der Waals surface area contributed by atoms with Gasteiger partial charge in [0.05, 0.1) is 13.2 Å². The van der Waals surface area contributed by atoms with Gasteiger partial charge in [0, 0.05) is 19.4 Å². The van der Waals surface area contributed by atoms with Crippen molar-refractivity contribution in [2.45, 2.75) is 44.9 Å². The number of carbonyl (C=O) groups excluding carboxylic acids is 2. The van der Waals surface area contributed by atoms with Crippen molar-refractivity contribution in [3.63, 3.8) is 0 Å². The van der Waals surface area contributed by atoms with Crippen LogP contribution in [-0.4, -0.2) is 47.3 Å². The Bertz CT molecular complexity index is 477. The van der Waals surface area contributed by atoms with Crippen molar-refractivity contribution in [2.75, 3.05) is 19.7 Å². The summed E-state index contributed by atoms with van der Waals surface area (Å²) in [7, 11) is 0. The lowest BCUT2D eigenvalue weighted by atomic mass is 9.86. The Labute approximate surface area is 130 Å². The molecule has 2 saturated carbocycles. The zero-order chi connectivity index (χ0) is 15.5. The highest BCUT2D eigenvalue weighted by molar-refractivity contribution is 6.39. The van der Waals surface area contributed by atoms with Crippen molar-refractivity contribution in [3.05, 3.63) is 0 Å². The van der Waals surface area contributed by atoms with Gasteiger partial charge in [0.1, 0.15) is 5.71 Å². The molecule has 0 unspecified atom stereocenters. The highest BCUT2D eigenvalue weighted by Gasteiger charge is 2.38. The molecule has 2 bridgehead atoms. The zero-order valence-electron chi connectivity index (χ0n) is 13.0. The third-order valence-corrected chi connectivity index (χ3v) is 5.36. The number of nitrogens with one attached hydrogen (secondary N) is 1. The fraction of sp³-hybridized carbons (Fsp3) is 0.812. The molecule has 2 fully saturated rings. The van der Waals surface area contributed by atoms with E-state index in [1.54, 1.807) is 0 Å². The zero-order valence-corrected chi connectivity index (χ0v) is 13.0. The van der Waals surface area contributed by atoms with Gasteiger partial charge in [-0.15, -0.1) is 0 Å². The Kier molecular flexibility index (Phi) is 4.76. The molecular formula is C16H25N3O3. The van der Waals surface area contributed by atoms with Crippen molar-refractivity contribution in [1.29, 1.82) is 0 Å². The van der Waals surface area contributed by atoms with E-state index < -0.39 is 0 Å². The van der Waals surface area contributed by atoms with Gasteiger partial charge in [-0.3, -0.25) is 9.59 Å². The molecule has 0 radical (unpaired) electrons. The van der Waals surface area contributed by atoms with E-state index in [1.807, 2.05) is 0 Å². The van der Waals surface area contributed by atoms with Gasteiger partial charge in [-0.05, 0) is 43.4 Å². The number of carbonyl (C=O) groups is 2.